The van der Waals surface area contributed by atoms with Gasteiger partial charge in [-0.3, -0.25) is 4.79 Å². The fourth-order valence-electron chi connectivity index (χ4n) is 0.263. The molecule has 12 heavy (non-hydrogen) atoms. The van der Waals surface area contributed by atoms with Crippen LogP contribution in [-0.4, -0.2) is 22.9 Å². The summed E-state index contributed by atoms with van der Waals surface area (Å²) in [7, 11) is 0. The number of halogens is 3. The maximum Gasteiger partial charge on any atom is 2.00 e. The maximum absolute atomic E-state index is 9.93. The SMILES string of the molecule is NC(CCS)C(=O)O.[Cl-].[Cl-].[Cl-].[Rh+2]. The Morgan fingerprint density at radius 1 is 1.42 bits per heavy atom. The molecule has 0 aliphatic heterocycles. The molecule has 0 aromatic heterocycles. The molecule has 1 unspecified atom stereocenters. The van der Waals surface area contributed by atoms with Crippen LogP contribution in [0.1, 0.15) is 6.42 Å². The molecule has 0 aromatic rings. The first-order chi connectivity index (χ1) is 3.68. The molecule has 0 saturated carbocycles. The maximum atomic E-state index is 9.93. The molecule has 0 saturated heterocycles. The molecule has 1 atom stereocenters. The molecule has 0 fully saturated rings. The van der Waals surface area contributed by atoms with Gasteiger partial charge in [0.15, 0.2) is 0 Å². The van der Waals surface area contributed by atoms with Crippen LogP contribution in [0.25, 0.3) is 0 Å². The summed E-state index contributed by atoms with van der Waals surface area (Å²) in [6.07, 6.45) is 0.429. The van der Waals surface area contributed by atoms with Gasteiger partial charge in [0.2, 0.25) is 0 Å². The van der Waals surface area contributed by atoms with Gasteiger partial charge in [-0.05, 0) is 12.2 Å². The number of rotatable bonds is 3. The Morgan fingerprint density at radius 2 is 1.75 bits per heavy atom. The van der Waals surface area contributed by atoms with Crippen molar-refractivity contribution in [3.63, 3.8) is 0 Å². The van der Waals surface area contributed by atoms with E-state index in [1.165, 1.54) is 0 Å². The molecule has 0 bridgehead atoms. The Bertz CT molecular complexity index is 100. The van der Waals surface area contributed by atoms with Crippen molar-refractivity contribution in [2.75, 3.05) is 5.75 Å². The van der Waals surface area contributed by atoms with Crippen molar-refractivity contribution < 1.29 is 66.6 Å². The number of carboxylic acids is 1. The average molecular weight is 344 g/mol. The summed E-state index contributed by atoms with van der Waals surface area (Å²) in [5.74, 6) is -0.438. The third-order valence-electron chi connectivity index (χ3n) is 0.757. The van der Waals surface area contributed by atoms with Crippen LogP contribution in [0.5, 0.6) is 0 Å². The molecule has 0 spiro atoms. The number of hydrogen-bond donors (Lipinski definition) is 3. The summed E-state index contributed by atoms with van der Waals surface area (Å²) in [5.41, 5.74) is 5.08. The van der Waals surface area contributed by atoms with E-state index in [0.29, 0.717) is 12.2 Å². The smallest absolute Gasteiger partial charge is 1.00 e. The van der Waals surface area contributed by atoms with E-state index in [1.807, 2.05) is 0 Å². The normalized spacial score (nSPS) is 8.83. The molecule has 0 aliphatic carbocycles. The molecule has 0 amide bonds. The van der Waals surface area contributed by atoms with Gasteiger partial charge < -0.3 is 48.1 Å². The van der Waals surface area contributed by atoms with Crippen LogP contribution in [0.3, 0.4) is 0 Å². The van der Waals surface area contributed by atoms with E-state index in [4.69, 9.17) is 10.8 Å². The van der Waals surface area contributed by atoms with Crippen molar-refractivity contribution >= 4 is 18.6 Å². The molecule has 79 valence electrons. The van der Waals surface area contributed by atoms with E-state index in [2.05, 4.69) is 12.6 Å². The Balaban J connectivity index is -0.0000000408. The van der Waals surface area contributed by atoms with Crippen molar-refractivity contribution in [1.29, 1.82) is 0 Å². The Kier molecular flexibility index (Phi) is 44.2. The van der Waals surface area contributed by atoms with Crippen LogP contribution in [0.4, 0.5) is 0 Å². The molecule has 0 heterocycles. The van der Waals surface area contributed by atoms with E-state index in [1.54, 1.807) is 0 Å². The number of nitrogens with two attached hydrogens (primary N) is 1. The minimum atomic E-state index is -0.959. The van der Waals surface area contributed by atoms with E-state index in [9.17, 15) is 4.79 Å². The van der Waals surface area contributed by atoms with Gasteiger partial charge in [0, 0.05) is 0 Å². The zero-order chi connectivity index (χ0) is 6.57. The van der Waals surface area contributed by atoms with Gasteiger partial charge in [0.25, 0.3) is 0 Å². The number of carboxylic acid groups (broad SMARTS) is 1. The van der Waals surface area contributed by atoms with E-state index < -0.39 is 12.0 Å². The summed E-state index contributed by atoms with van der Waals surface area (Å²) in [6.45, 7) is 0. The first-order valence-electron chi connectivity index (χ1n) is 2.27. The predicted molar refractivity (Wildman–Crippen MR) is 34.1 cm³/mol. The van der Waals surface area contributed by atoms with Crippen LogP contribution >= 0.6 is 12.6 Å². The van der Waals surface area contributed by atoms with Crippen LogP contribution in [0.2, 0.25) is 0 Å². The summed E-state index contributed by atoms with van der Waals surface area (Å²) >= 11 is 3.81. The standard InChI is InChI=1S/C4H9NO2S.3ClH.Rh/c5-3(1-2-8)4(6)7;;;;/h3,8H,1-2,5H2,(H,6,7);3*1H;/q;;;;+2/p-3. The first kappa shape index (κ1) is 29.2. The van der Waals surface area contributed by atoms with Gasteiger partial charge in [-0.25, -0.2) is 0 Å². The first-order valence-corrected chi connectivity index (χ1v) is 2.91. The largest absolute Gasteiger partial charge is 2.00 e. The monoisotopic (exact) mass is 343 g/mol. The molecular formula is C4H9Cl3NO2RhS-. The molecule has 0 aromatic carbocycles. The summed E-state index contributed by atoms with van der Waals surface area (Å²) in [4.78, 5) is 9.93. The molecule has 8 heteroatoms. The third-order valence-corrected chi connectivity index (χ3v) is 1.02. The minimum Gasteiger partial charge on any atom is -1.00 e. The summed E-state index contributed by atoms with van der Waals surface area (Å²) in [6, 6.07) is -0.743. The molecule has 3 N–H and O–H groups in total. The van der Waals surface area contributed by atoms with Crippen molar-refractivity contribution in [2.24, 2.45) is 5.73 Å². The van der Waals surface area contributed by atoms with Crippen molar-refractivity contribution in [1.82, 2.24) is 0 Å². The fraction of sp³-hybridized carbons (Fsp3) is 0.750. The van der Waals surface area contributed by atoms with Crippen LogP contribution < -0.4 is 43.0 Å². The van der Waals surface area contributed by atoms with Crippen LogP contribution in [0, 0.1) is 0 Å². The van der Waals surface area contributed by atoms with E-state index in [-0.39, 0.29) is 56.7 Å². The summed E-state index contributed by atoms with van der Waals surface area (Å²) in [5, 5.41) is 8.15. The number of carbonyl (C=O) groups is 1. The minimum absolute atomic E-state index is 0. The fourth-order valence-corrected chi connectivity index (χ4v) is 0.541. The van der Waals surface area contributed by atoms with Gasteiger partial charge in [-0.1, -0.05) is 0 Å². The van der Waals surface area contributed by atoms with Gasteiger partial charge in [-0.15, -0.1) is 0 Å². The molecule has 3 nitrogen and oxygen atoms in total. The Labute approximate surface area is 109 Å². The average Bonchev–Trinajstić information content (AvgIpc) is 1.67. The topological polar surface area (TPSA) is 63.3 Å². The molecule has 0 aliphatic rings. The quantitative estimate of drug-likeness (QED) is 0.352. The van der Waals surface area contributed by atoms with E-state index >= 15 is 0 Å². The second-order valence-corrected chi connectivity index (χ2v) is 1.90. The zero-order valence-electron chi connectivity index (χ0n) is 5.84. The zero-order valence-corrected chi connectivity index (χ0v) is 10.6. The Morgan fingerprint density at radius 3 is 1.83 bits per heavy atom. The number of aliphatic carboxylic acids is 1. The molecular weight excluding hydrogens is 335 g/mol. The number of thiol groups is 1. The molecule has 1 radical (unpaired) electrons. The van der Waals surface area contributed by atoms with Crippen LogP contribution in [0.15, 0.2) is 0 Å². The van der Waals surface area contributed by atoms with Crippen molar-refractivity contribution in [2.45, 2.75) is 12.5 Å². The van der Waals surface area contributed by atoms with E-state index in [0.717, 1.165) is 0 Å². The van der Waals surface area contributed by atoms with Crippen molar-refractivity contribution in [3.05, 3.63) is 0 Å². The van der Waals surface area contributed by atoms with Crippen LogP contribution in [-0.2, 0) is 24.3 Å². The predicted octanol–water partition coefficient (Wildman–Crippen LogP) is -9.27. The van der Waals surface area contributed by atoms with Crippen molar-refractivity contribution in [3.8, 4) is 0 Å². The third kappa shape index (κ3) is 17.4. The van der Waals surface area contributed by atoms with Gasteiger partial charge in [0.05, 0.1) is 0 Å². The second kappa shape index (κ2) is 18.1. The van der Waals surface area contributed by atoms with Gasteiger partial charge >= 0.3 is 25.4 Å². The molecule has 0 rings (SSSR count). The van der Waals surface area contributed by atoms with Gasteiger partial charge in [0.1, 0.15) is 6.04 Å². The van der Waals surface area contributed by atoms with Gasteiger partial charge in [-0.2, -0.15) is 12.6 Å². The summed E-state index contributed by atoms with van der Waals surface area (Å²) < 4.78 is 0. The Hall–Kier alpha value is 1.27. The number of hydrogen-bond acceptors (Lipinski definition) is 3. The second-order valence-electron chi connectivity index (χ2n) is 1.46.